The first kappa shape index (κ1) is 12.7. The quantitative estimate of drug-likeness (QED) is 0.764. The van der Waals surface area contributed by atoms with Crippen molar-refractivity contribution >= 4 is 23.4 Å². The van der Waals surface area contributed by atoms with Crippen LogP contribution in [0, 0.1) is 0 Å². The van der Waals surface area contributed by atoms with Gasteiger partial charge in [0.25, 0.3) is 5.91 Å². The minimum Gasteiger partial charge on any atom is -0.507 e. The molecule has 1 saturated carbocycles. The van der Waals surface area contributed by atoms with Gasteiger partial charge in [0.1, 0.15) is 5.75 Å². The number of benzene rings is 1. The molecule has 96 valence electrons. The zero-order valence-corrected chi connectivity index (χ0v) is 10.3. The van der Waals surface area contributed by atoms with Gasteiger partial charge in [0.2, 0.25) is 5.91 Å². The Morgan fingerprint density at radius 2 is 2.11 bits per heavy atom. The summed E-state index contributed by atoms with van der Waals surface area (Å²) in [5.41, 5.74) is 0.0959. The molecule has 0 atom stereocenters. The summed E-state index contributed by atoms with van der Waals surface area (Å²) in [6.07, 6.45) is 2.00. The Labute approximate surface area is 109 Å². The average Bonchev–Trinajstić information content (AvgIpc) is 3.10. The standard InChI is InChI=1S/C12H13ClN2O3/c13-7-1-4-9(10(16)5-7)12(18)14-6-11(17)15-8-2-3-8/h1,4-5,8,16H,2-3,6H2,(H,14,18)(H,15,17). The molecule has 1 fully saturated rings. The Hall–Kier alpha value is -1.75. The third-order valence-electron chi connectivity index (χ3n) is 2.56. The lowest BCUT2D eigenvalue weighted by atomic mass is 10.2. The van der Waals surface area contributed by atoms with Crippen LogP contribution in [-0.4, -0.2) is 29.5 Å². The van der Waals surface area contributed by atoms with Gasteiger partial charge in [-0.25, -0.2) is 0 Å². The lowest BCUT2D eigenvalue weighted by Crippen LogP contribution is -2.37. The molecular formula is C12H13ClN2O3. The van der Waals surface area contributed by atoms with Crippen LogP contribution in [0.15, 0.2) is 18.2 Å². The van der Waals surface area contributed by atoms with E-state index in [0.717, 1.165) is 12.8 Å². The maximum Gasteiger partial charge on any atom is 0.255 e. The number of phenols is 1. The fourth-order valence-corrected chi connectivity index (χ4v) is 1.63. The first-order valence-electron chi connectivity index (χ1n) is 5.62. The number of amides is 2. The third kappa shape index (κ3) is 3.37. The lowest BCUT2D eigenvalue weighted by molar-refractivity contribution is -0.120. The van der Waals surface area contributed by atoms with Crippen LogP contribution in [0.1, 0.15) is 23.2 Å². The van der Waals surface area contributed by atoms with Crippen LogP contribution in [-0.2, 0) is 4.79 Å². The van der Waals surface area contributed by atoms with Gasteiger partial charge in [0.05, 0.1) is 12.1 Å². The van der Waals surface area contributed by atoms with Crippen molar-refractivity contribution in [2.24, 2.45) is 0 Å². The van der Waals surface area contributed by atoms with E-state index in [1.807, 2.05) is 0 Å². The summed E-state index contributed by atoms with van der Waals surface area (Å²) in [6, 6.07) is 4.45. The van der Waals surface area contributed by atoms with E-state index in [9.17, 15) is 14.7 Å². The van der Waals surface area contributed by atoms with Crippen molar-refractivity contribution in [1.29, 1.82) is 0 Å². The molecule has 1 aromatic carbocycles. The van der Waals surface area contributed by atoms with Crippen molar-refractivity contribution in [3.05, 3.63) is 28.8 Å². The molecule has 0 unspecified atom stereocenters. The van der Waals surface area contributed by atoms with Crippen LogP contribution >= 0.6 is 11.6 Å². The Morgan fingerprint density at radius 3 is 2.72 bits per heavy atom. The van der Waals surface area contributed by atoms with Gasteiger partial charge >= 0.3 is 0 Å². The summed E-state index contributed by atoms with van der Waals surface area (Å²) in [4.78, 5) is 23.0. The van der Waals surface area contributed by atoms with E-state index in [1.165, 1.54) is 18.2 Å². The highest BCUT2D eigenvalue weighted by Crippen LogP contribution is 2.21. The lowest BCUT2D eigenvalue weighted by Gasteiger charge is -2.07. The van der Waals surface area contributed by atoms with Gasteiger partial charge in [-0.1, -0.05) is 11.6 Å². The van der Waals surface area contributed by atoms with Crippen LogP contribution in [0.5, 0.6) is 5.75 Å². The van der Waals surface area contributed by atoms with Crippen LogP contribution in [0.2, 0.25) is 5.02 Å². The zero-order valence-electron chi connectivity index (χ0n) is 9.57. The van der Waals surface area contributed by atoms with Crippen LogP contribution in [0.25, 0.3) is 0 Å². The SMILES string of the molecule is O=C(CNC(=O)c1ccc(Cl)cc1O)NC1CC1. The smallest absolute Gasteiger partial charge is 0.255 e. The summed E-state index contributed by atoms with van der Waals surface area (Å²) in [5, 5.41) is 15.1. The van der Waals surface area contributed by atoms with E-state index in [4.69, 9.17) is 11.6 Å². The van der Waals surface area contributed by atoms with Crippen molar-refractivity contribution in [2.45, 2.75) is 18.9 Å². The second-order valence-corrected chi connectivity index (χ2v) is 4.62. The molecule has 5 nitrogen and oxygen atoms in total. The third-order valence-corrected chi connectivity index (χ3v) is 2.79. The summed E-state index contributed by atoms with van der Waals surface area (Å²) in [6.45, 7) is -0.0998. The average molecular weight is 269 g/mol. The monoisotopic (exact) mass is 268 g/mol. The molecule has 0 saturated heterocycles. The number of rotatable bonds is 4. The minimum absolute atomic E-state index is 0.0959. The maximum atomic E-state index is 11.7. The molecule has 3 N–H and O–H groups in total. The van der Waals surface area contributed by atoms with Crippen molar-refractivity contribution in [3.8, 4) is 5.75 Å². The first-order chi connectivity index (χ1) is 8.56. The predicted molar refractivity (Wildman–Crippen MR) is 66.6 cm³/mol. The molecule has 6 heteroatoms. The highest BCUT2D eigenvalue weighted by atomic mass is 35.5. The van der Waals surface area contributed by atoms with E-state index < -0.39 is 5.91 Å². The topological polar surface area (TPSA) is 78.4 Å². The molecule has 0 heterocycles. The predicted octanol–water partition coefficient (Wildman–Crippen LogP) is 1.05. The number of carbonyl (C=O) groups is 2. The van der Waals surface area contributed by atoms with Crippen LogP contribution < -0.4 is 10.6 Å². The van der Waals surface area contributed by atoms with E-state index >= 15 is 0 Å². The second-order valence-electron chi connectivity index (χ2n) is 4.19. The highest BCUT2D eigenvalue weighted by Gasteiger charge is 2.23. The van der Waals surface area contributed by atoms with Crippen molar-refractivity contribution in [3.63, 3.8) is 0 Å². The molecule has 18 heavy (non-hydrogen) atoms. The molecule has 2 rings (SSSR count). The summed E-state index contributed by atoms with van der Waals surface area (Å²) < 4.78 is 0. The van der Waals surface area contributed by atoms with E-state index in [2.05, 4.69) is 10.6 Å². The van der Waals surface area contributed by atoms with Gasteiger partial charge in [-0.05, 0) is 31.0 Å². The van der Waals surface area contributed by atoms with E-state index in [1.54, 1.807) is 0 Å². The Morgan fingerprint density at radius 1 is 1.39 bits per heavy atom. The second kappa shape index (κ2) is 5.27. The molecule has 2 amide bonds. The first-order valence-corrected chi connectivity index (χ1v) is 6.00. The number of nitrogens with one attached hydrogen (secondary N) is 2. The van der Waals surface area contributed by atoms with E-state index in [-0.39, 0.29) is 29.8 Å². The largest absolute Gasteiger partial charge is 0.507 e. The number of aromatic hydroxyl groups is 1. The number of phenolic OH excluding ortho intramolecular Hbond substituents is 1. The summed E-state index contributed by atoms with van der Waals surface area (Å²) in [5.74, 6) is -0.933. The molecule has 0 spiro atoms. The molecule has 1 aromatic rings. The van der Waals surface area contributed by atoms with Gasteiger partial charge in [0, 0.05) is 11.1 Å². The minimum atomic E-state index is -0.505. The van der Waals surface area contributed by atoms with Gasteiger partial charge in [-0.3, -0.25) is 9.59 Å². The fourth-order valence-electron chi connectivity index (χ4n) is 1.46. The van der Waals surface area contributed by atoms with E-state index in [0.29, 0.717) is 5.02 Å². The Balaban J connectivity index is 1.88. The van der Waals surface area contributed by atoms with Crippen molar-refractivity contribution < 1.29 is 14.7 Å². The molecular weight excluding hydrogens is 256 g/mol. The fraction of sp³-hybridized carbons (Fsp3) is 0.333. The maximum absolute atomic E-state index is 11.7. The van der Waals surface area contributed by atoms with Gasteiger partial charge in [-0.2, -0.15) is 0 Å². The zero-order chi connectivity index (χ0) is 13.1. The Bertz CT molecular complexity index is 486. The molecule has 1 aliphatic rings. The van der Waals surface area contributed by atoms with Crippen molar-refractivity contribution in [1.82, 2.24) is 10.6 Å². The number of halogens is 1. The molecule has 0 aliphatic heterocycles. The highest BCUT2D eigenvalue weighted by molar-refractivity contribution is 6.30. The van der Waals surface area contributed by atoms with Gasteiger partial charge in [0.15, 0.2) is 0 Å². The summed E-state index contributed by atoms with van der Waals surface area (Å²) >= 11 is 5.66. The molecule has 0 aromatic heterocycles. The van der Waals surface area contributed by atoms with Crippen molar-refractivity contribution in [2.75, 3.05) is 6.54 Å². The molecule has 1 aliphatic carbocycles. The Kier molecular flexibility index (Phi) is 3.72. The number of carbonyl (C=O) groups excluding carboxylic acids is 2. The molecule has 0 radical (unpaired) electrons. The van der Waals surface area contributed by atoms with Crippen LogP contribution in [0.3, 0.4) is 0 Å². The number of hydrogen-bond donors (Lipinski definition) is 3. The summed E-state index contributed by atoms with van der Waals surface area (Å²) in [7, 11) is 0. The number of hydrogen-bond acceptors (Lipinski definition) is 3. The van der Waals surface area contributed by atoms with Gasteiger partial charge < -0.3 is 15.7 Å². The normalized spacial score (nSPS) is 14.1. The van der Waals surface area contributed by atoms with Crippen LogP contribution in [0.4, 0.5) is 0 Å². The van der Waals surface area contributed by atoms with Gasteiger partial charge in [-0.15, -0.1) is 0 Å². The molecule has 0 bridgehead atoms.